The second-order valence-corrected chi connectivity index (χ2v) is 11.1. The van der Waals surface area contributed by atoms with Crippen molar-refractivity contribution in [3.8, 4) is 6.07 Å². The van der Waals surface area contributed by atoms with Crippen LogP contribution in [0.4, 0.5) is 10.7 Å². The number of thiophene rings is 1. The molecule has 1 aliphatic rings. The molecule has 1 aliphatic carbocycles. The number of halogens is 1. The molecule has 0 aliphatic heterocycles. The molecule has 1 atom stereocenters. The van der Waals surface area contributed by atoms with Crippen LogP contribution in [0.15, 0.2) is 82.8 Å². The van der Waals surface area contributed by atoms with Gasteiger partial charge in [0, 0.05) is 27.7 Å². The van der Waals surface area contributed by atoms with E-state index < -0.39 is 0 Å². The van der Waals surface area contributed by atoms with Gasteiger partial charge in [0.15, 0.2) is 0 Å². The summed E-state index contributed by atoms with van der Waals surface area (Å²) in [4.78, 5) is 23.6. The number of hydrogen-bond acceptors (Lipinski definition) is 6. The minimum atomic E-state index is -0.145. The highest BCUT2D eigenvalue weighted by atomic mass is 35.5. The van der Waals surface area contributed by atoms with E-state index >= 15 is 0 Å². The molecule has 1 N–H and O–H groups in total. The quantitative estimate of drug-likeness (QED) is 0.150. The van der Waals surface area contributed by atoms with Gasteiger partial charge in [0.1, 0.15) is 16.2 Å². The highest BCUT2D eigenvalue weighted by Gasteiger charge is 2.27. The van der Waals surface area contributed by atoms with E-state index in [-0.39, 0.29) is 11.7 Å². The normalized spacial score (nSPS) is 14.8. The number of nitriles is 1. The molecule has 0 bridgehead atoms. The van der Waals surface area contributed by atoms with Gasteiger partial charge < -0.3 is 5.32 Å². The second-order valence-electron chi connectivity index (χ2n) is 8.62. The van der Waals surface area contributed by atoms with Gasteiger partial charge in [0.05, 0.1) is 17.0 Å². The summed E-state index contributed by atoms with van der Waals surface area (Å²) in [7, 11) is 0. The summed E-state index contributed by atoms with van der Waals surface area (Å²) >= 11 is 9.07. The number of carbonyl (C=O) groups is 1. The Morgan fingerprint density at radius 3 is 2.81 bits per heavy atom. The number of aromatic nitrogens is 1. The Labute approximate surface area is 229 Å². The Kier molecular flexibility index (Phi) is 8.00. The molecule has 1 amide bonds. The standard InChI is InChI=1S/C29H23ClN4OS2/c30-28-21(9-6-14-32-28)17-33-24-10-4-5-11-26(24)36-18-27(35)34-29-23(16-31)22-15-20(12-13-25(22)37-29)19-7-2-1-3-8-19/h1-11,14,17,20H,12-13,15,18H2,(H,34,35)/t20-/m0/s1. The predicted octanol–water partition coefficient (Wildman–Crippen LogP) is 7.42. The van der Waals surface area contributed by atoms with Crippen LogP contribution >= 0.6 is 34.7 Å². The van der Waals surface area contributed by atoms with Gasteiger partial charge in [0.2, 0.25) is 5.91 Å². The van der Waals surface area contributed by atoms with Gasteiger partial charge >= 0.3 is 0 Å². The number of nitrogens with zero attached hydrogens (tertiary/aromatic N) is 3. The summed E-state index contributed by atoms with van der Waals surface area (Å²) in [6, 6.07) is 24.1. The van der Waals surface area contributed by atoms with Crippen molar-refractivity contribution in [1.29, 1.82) is 5.26 Å². The molecule has 184 valence electrons. The number of nitrogens with one attached hydrogen (secondary N) is 1. The number of aryl methyl sites for hydroxylation is 1. The van der Waals surface area contributed by atoms with Crippen molar-refractivity contribution < 1.29 is 4.79 Å². The largest absolute Gasteiger partial charge is 0.316 e. The van der Waals surface area contributed by atoms with E-state index in [4.69, 9.17) is 11.6 Å². The van der Waals surface area contributed by atoms with Gasteiger partial charge in [-0.2, -0.15) is 5.26 Å². The number of aliphatic imine (C=N–C) groups is 1. The van der Waals surface area contributed by atoms with Crippen molar-refractivity contribution >= 4 is 57.5 Å². The Hall–Kier alpha value is -3.44. The summed E-state index contributed by atoms with van der Waals surface area (Å²) in [6.45, 7) is 0. The first kappa shape index (κ1) is 25.2. The number of hydrogen-bond donors (Lipinski definition) is 1. The molecule has 37 heavy (non-hydrogen) atoms. The number of rotatable bonds is 7. The molecule has 0 fully saturated rings. The van der Waals surface area contributed by atoms with Gasteiger partial charge in [-0.1, -0.05) is 54.1 Å². The monoisotopic (exact) mass is 542 g/mol. The van der Waals surface area contributed by atoms with Crippen LogP contribution in [-0.2, 0) is 17.6 Å². The average Bonchev–Trinajstić information content (AvgIpc) is 3.28. The number of carbonyl (C=O) groups excluding carboxylic acids is 1. The molecule has 0 unspecified atom stereocenters. The summed E-state index contributed by atoms with van der Waals surface area (Å²) in [5.74, 6) is 0.460. The minimum absolute atomic E-state index is 0.145. The number of thioether (sulfide) groups is 1. The van der Waals surface area contributed by atoms with E-state index in [1.807, 2.05) is 36.4 Å². The van der Waals surface area contributed by atoms with Crippen LogP contribution in [0.1, 0.15) is 39.5 Å². The van der Waals surface area contributed by atoms with E-state index in [1.165, 1.54) is 33.5 Å². The molecule has 0 saturated carbocycles. The summed E-state index contributed by atoms with van der Waals surface area (Å²) in [5.41, 5.74) is 4.47. The van der Waals surface area contributed by atoms with Crippen LogP contribution in [0.2, 0.25) is 5.15 Å². The molecule has 0 saturated heterocycles. The van der Waals surface area contributed by atoms with Gasteiger partial charge in [-0.05, 0) is 60.6 Å². The fraction of sp³-hybridized carbons (Fsp3) is 0.172. The molecular weight excluding hydrogens is 520 g/mol. The first-order chi connectivity index (χ1) is 18.1. The van der Waals surface area contributed by atoms with Crippen LogP contribution in [0, 0.1) is 11.3 Å². The number of anilines is 1. The van der Waals surface area contributed by atoms with E-state index in [1.54, 1.807) is 18.5 Å². The predicted molar refractivity (Wildman–Crippen MR) is 153 cm³/mol. The molecule has 5 rings (SSSR count). The third-order valence-electron chi connectivity index (χ3n) is 6.25. The van der Waals surface area contributed by atoms with Crippen LogP contribution in [0.5, 0.6) is 0 Å². The molecule has 2 aromatic heterocycles. The van der Waals surface area contributed by atoms with Gasteiger partial charge in [-0.25, -0.2) is 4.98 Å². The van der Waals surface area contributed by atoms with Crippen LogP contribution < -0.4 is 5.32 Å². The maximum atomic E-state index is 12.9. The zero-order chi connectivity index (χ0) is 25.6. The Morgan fingerprint density at radius 2 is 2.00 bits per heavy atom. The zero-order valence-electron chi connectivity index (χ0n) is 19.9. The van der Waals surface area contributed by atoms with Gasteiger partial charge in [0.25, 0.3) is 0 Å². The molecule has 0 spiro atoms. The van der Waals surface area contributed by atoms with Crippen molar-refractivity contribution in [3.63, 3.8) is 0 Å². The highest BCUT2D eigenvalue weighted by molar-refractivity contribution is 8.00. The van der Waals surface area contributed by atoms with Crippen LogP contribution in [0.3, 0.4) is 0 Å². The van der Waals surface area contributed by atoms with Gasteiger partial charge in [-0.15, -0.1) is 23.1 Å². The fourth-order valence-electron chi connectivity index (χ4n) is 4.43. The lowest BCUT2D eigenvalue weighted by atomic mass is 9.82. The molecule has 2 aromatic carbocycles. The van der Waals surface area contributed by atoms with Crippen LogP contribution in [-0.4, -0.2) is 22.9 Å². The molecule has 0 radical (unpaired) electrons. The van der Waals surface area contributed by atoms with E-state index in [9.17, 15) is 10.1 Å². The number of fused-ring (bicyclic) bond motifs is 1. The van der Waals surface area contributed by atoms with Crippen molar-refractivity contribution in [3.05, 3.63) is 105 Å². The smallest absolute Gasteiger partial charge is 0.235 e. The lowest BCUT2D eigenvalue weighted by Gasteiger charge is -2.22. The van der Waals surface area contributed by atoms with E-state index in [0.717, 1.165) is 41.0 Å². The number of para-hydroxylation sites is 1. The number of amides is 1. The highest BCUT2D eigenvalue weighted by Crippen LogP contribution is 2.42. The Morgan fingerprint density at radius 1 is 1.19 bits per heavy atom. The topological polar surface area (TPSA) is 78.1 Å². The second kappa shape index (κ2) is 11.7. The number of benzene rings is 2. The zero-order valence-corrected chi connectivity index (χ0v) is 22.2. The maximum absolute atomic E-state index is 12.9. The van der Waals surface area contributed by atoms with Gasteiger partial charge in [-0.3, -0.25) is 9.79 Å². The lowest BCUT2D eigenvalue weighted by Crippen LogP contribution is -2.14. The SMILES string of the molecule is N#Cc1c(NC(=O)CSc2ccccc2N=Cc2cccnc2Cl)sc2c1C[C@@H](c1ccccc1)CC2. The molecular formula is C29H23ClN4OS2. The third-order valence-corrected chi connectivity index (χ3v) is 8.84. The molecule has 4 aromatic rings. The summed E-state index contributed by atoms with van der Waals surface area (Å²) < 4.78 is 0. The molecule has 5 nitrogen and oxygen atoms in total. The van der Waals surface area contributed by atoms with Crippen molar-refractivity contribution in [2.75, 3.05) is 11.1 Å². The van der Waals surface area contributed by atoms with Crippen molar-refractivity contribution in [1.82, 2.24) is 4.98 Å². The van der Waals surface area contributed by atoms with Crippen molar-refractivity contribution in [2.24, 2.45) is 4.99 Å². The average molecular weight is 543 g/mol. The maximum Gasteiger partial charge on any atom is 0.235 e. The number of pyridine rings is 1. The Balaban J connectivity index is 1.26. The summed E-state index contributed by atoms with van der Waals surface area (Å²) in [5, 5.41) is 14.0. The van der Waals surface area contributed by atoms with Crippen molar-refractivity contribution in [2.45, 2.75) is 30.1 Å². The first-order valence-corrected chi connectivity index (χ1v) is 14.1. The van der Waals surface area contributed by atoms with Crippen LogP contribution in [0.25, 0.3) is 0 Å². The molecule has 8 heteroatoms. The summed E-state index contributed by atoms with van der Waals surface area (Å²) in [6.07, 6.45) is 6.10. The van der Waals surface area contributed by atoms with E-state index in [0.29, 0.717) is 21.6 Å². The lowest BCUT2D eigenvalue weighted by molar-refractivity contribution is -0.113. The fourth-order valence-corrected chi connectivity index (χ4v) is 6.61. The Bertz CT molecular complexity index is 1490. The molecule has 2 heterocycles. The third kappa shape index (κ3) is 5.94. The van der Waals surface area contributed by atoms with E-state index in [2.05, 4.69) is 45.6 Å². The first-order valence-electron chi connectivity index (χ1n) is 11.9. The minimum Gasteiger partial charge on any atom is -0.316 e.